The fraction of sp³-hybridized carbons (Fsp3) is 0.292. The fourth-order valence-corrected chi connectivity index (χ4v) is 3.74. The minimum atomic E-state index is -0.485. The molecular formula is C24H27ClN4O2. The predicted molar refractivity (Wildman–Crippen MR) is 124 cm³/mol. The van der Waals surface area contributed by atoms with E-state index in [1.54, 1.807) is 35.9 Å². The number of rotatable bonds is 8. The SMILES string of the molecule is CCN(CC)[C@H](CNC(=O)c1nn(-c2ccc(Cl)cc2)c(C)cc1=O)c1ccccc1. The average Bonchev–Trinajstić information content (AvgIpc) is 2.78. The van der Waals surface area contributed by atoms with Gasteiger partial charge in [-0.15, -0.1) is 0 Å². The molecule has 162 valence electrons. The van der Waals surface area contributed by atoms with Crippen LogP contribution < -0.4 is 10.7 Å². The lowest BCUT2D eigenvalue weighted by molar-refractivity contribution is 0.0927. The number of carbonyl (C=O) groups is 1. The van der Waals surface area contributed by atoms with Crippen LogP contribution in [0.5, 0.6) is 0 Å². The highest BCUT2D eigenvalue weighted by molar-refractivity contribution is 6.30. The topological polar surface area (TPSA) is 67.2 Å². The largest absolute Gasteiger partial charge is 0.349 e. The molecule has 1 aromatic heterocycles. The number of aromatic nitrogens is 2. The molecular weight excluding hydrogens is 412 g/mol. The Labute approximate surface area is 187 Å². The Kier molecular flexibility index (Phi) is 7.60. The lowest BCUT2D eigenvalue weighted by Gasteiger charge is -2.30. The summed E-state index contributed by atoms with van der Waals surface area (Å²) in [7, 11) is 0. The molecule has 1 N–H and O–H groups in total. The van der Waals surface area contributed by atoms with E-state index in [9.17, 15) is 9.59 Å². The van der Waals surface area contributed by atoms with E-state index in [4.69, 9.17) is 11.6 Å². The molecule has 1 atom stereocenters. The fourth-order valence-electron chi connectivity index (χ4n) is 3.62. The third kappa shape index (κ3) is 5.40. The summed E-state index contributed by atoms with van der Waals surface area (Å²) >= 11 is 5.97. The van der Waals surface area contributed by atoms with Crippen molar-refractivity contribution >= 4 is 17.5 Å². The molecule has 31 heavy (non-hydrogen) atoms. The first-order valence-corrected chi connectivity index (χ1v) is 10.8. The molecule has 0 spiro atoms. The van der Waals surface area contributed by atoms with E-state index in [1.165, 1.54) is 6.07 Å². The van der Waals surface area contributed by atoms with Crippen LogP contribution in [0, 0.1) is 6.92 Å². The number of nitrogens with zero attached hydrogens (tertiary/aromatic N) is 3. The smallest absolute Gasteiger partial charge is 0.275 e. The van der Waals surface area contributed by atoms with Crippen LogP contribution >= 0.6 is 11.6 Å². The summed E-state index contributed by atoms with van der Waals surface area (Å²) in [5.41, 5.74) is 1.93. The second-order valence-corrected chi connectivity index (χ2v) is 7.68. The van der Waals surface area contributed by atoms with Gasteiger partial charge in [0.1, 0.15) is 0 Å². The molecule has 0 fully saturated rings. The molecule has 3 aromatic rings. The monoisotopic (exact) mass is 438 g/mol. The molecule has 0 radical (unpaired) electrons. The second kappa shape index (κ2) is 10.4. The van der Waals surface area contributed by atoms with Gasteiger partial charge in [-0.25, -0.2) is 4.68 Å². The third-order valence-corrected chi connectivity index (χ3v) is 5.54. The van der Waals surface area contributed by atoms with Crippen molar-refractivity contribution in [2.75, 3.05) is 19.6 Å². The summed E-state index contributed by atoms with van der Waals surface area (Å²) in [5, 5.41) is 7.86. The quantitative estimate of drug-likeness (QED) is 0.577. The number of benzene rings is 2. The van der Waals surface area contributed by atoms with Crippen molar-refractivity contribution in [3.63, 3.8) is 0 Å². The van der Waals surface area contributed by atoms with Crippen molar-refractivity contribution in [1.82, 2.24) is 20.0 Å². The van der Waals surface area contributed by atoms with E-state index in [0.29, 0.717) is 17.3 Å². The molecule has 3 rings (SSSR count). The van der Waals surface area contributed by atoms with Crippen LogP contribution in [0.4, 0.5) is 0 Å². The van der Waals surface area contributed by atoms with E-state index in [-0.39, 0.29) is 11.7 Å². The highest BCUT2D eigenvalue weighted by Crippen LogP contribution is 2.19. The standard InChI is InChI=1S/C24H27ClN4O2/c1-4-28(5-2)21(18-9-7-6-8-10-18)16-26-24(31)23-22(30)15-17(3)29(27-23)20-13-11-19(25)12-14-20/h6-15,21H,4-5,16H2,1-3H3,(H,26,31)/t21-/m1/s1. The van der Waals surface area contributed by atoms with Gasteiger partial charge in [-0.05, 0) is 49.8 Å². The van der Waals surface area contributed by atoms with Crippen molar-refractivity contribution in [2.24, 2.45) is 0 Å². The molecule has 0 aliphatic heterocycles. The summed E-state index contributed by atoms with van der Waals surface area (Å²) in [5.74, 6) is -0.485. The van der Waals surface area contributed by atoms with E-state index < -0.39 is 11.3 Å². The van der Waals surface area contributed by atoms with Gasteiger partial charge < -0.3 is 5.32 Å². The summed E-state index contributed by atoms with van der Waals surface area (Å²) < 4.78 is 1.58. The molecule has 0 aliphatic rings. The number of halogens is 1. The van der Waals surface area contributed by atoms with Crippen LogP contribution in [0.15, 0.2) is 65.5 Å². The summed E-state index contributed by atoms with van der Waals surface area (Å²) in [6, 6.07) is 18.5. The molecule has 2 aromatic carbocycles. The van der Waals surface area contributed by atoms with E-state index >= 15 is 0 Å². The Morgan fingerprint density at radius 2 is 1.74 bits per heavy atom. The van der Waals surface area contributed by atoms with Crippen molar-refractivity contribution in [2.45, 2.75) is 26.8 Å². The number of likely N-dealkylation sites (N-methyl/N-ethyl adjacent to an activating group) is 1. The number of nitrogens with one attached hydrogen (secondary N) is 1. The molecule has 0 unspecified atom stereocenters. The highest BCUT2D eigenvalue weighted by atomic mass is 35.5. The minimum Gasteiger partial charge on any atom is -0.349 e. The van der Waals surface area contributed by atoms with Crippen molar-refractivity contribution in [1.29, 1.82) is 0 Å². The molecule has 0 bridgehead atoms. The summed E-state index contributed by atoms with van der Waals surface area (Å²) in [4.78, 5) is 27.7. The van der Waals surface area contributed by atoms with E-state index in [2.05, 4.69) is 29.2 Å². The van der Waals surface area contributed by atoms with Gasteiger partial charge in [0, 0.05) is 23.3 Å². The zero-order valence-electron chi connectivity index (χ0n) is 18.0. The van der Waals surface area contributed by atoms with E-state index in [1.807, 2.05) is 30.3 Å². The van der Waals surface area contributed by atoms with Gasteiger partial charge in [0.15, 0.2) is 5.69 Å². The van der Waals surface area contributed by atoms with Gasteiger partial charge in [-0.2, -0.15) is 5.10 Å². The first kappa shape index (κ1) is 22.7. The average molecular weight is 439 g/mol. The van der Waals surface area contributed by atoms with Crippen molar-refractivity contribution < 1.29 is 4.79 Å². The maximum Gasteiger partial charge on any atom is 0.275 e. The number of carbonyl (C=O) groups excluding carboxylic acids is 1. The normalized spacial score (nSPS) is 12.0. The number of hydrogen-bond donors (Lipinski definition) is 1. The predicted octanol–water partition coefficient (Wildman–Crippen LogP) is 4.01. The van der Waals surface area contributed by atoms with Gasteiger partial charge in [-0.1, -0.05) is 55.8 Å². The first-order valence-electron chi connectivity index (χ1n) is 10.4. The Bertz CT molecular complexity index is 1080. The van der Waals surface area contributed by atoms with Gasteiger partial charge in [0.2, 0.25) is 5.43 Å². The zero-order chi connectivity index (χ0) is 22.4. The molecule has 0 saturated carbocycles. The Hall–Kier alpha value is -2.96. The molecule has 6 nitrogen and oxygen atoms in total. The van der Waals surface area contributed by atoms with E-state index in [0.717, 1.165) is 24.3 Å². The maximum atomic E-state index is 12.9. The Morgan fingerprint density at radius 3 is 2.35 bits per heavy atom. The minimum absolute atomic E-state index is 0.00379. The van der Waals surface area contributed by atoms with Crippen LogP contribution in [0.1, 0.15) is 41.6 Å². The lowest BCUT2D eigenvalue weighted by Crippen LogP contribution is -2.40. The molecule has 0 aliphatic carbocycles. The molecule has 7 heteroatoms. The molecule has 1 heterocycles. The lowest BCUT2D eigenvalue weighted by atomic mass is 10.0. The first-order chi connectivity index (χ1) is 14.9. The Balaban J connectivity index is 1.86. The van der Waals surface area contributed by atoms with Crippen LogP contribution in [0.25, 0.3) is 5.69 Å². The van der Waals surface area contributed by atoms with Gasteiger partial charge in [-0.3, -0.25) is 14.5 Å². The maximum absolute atomic E-state index is 12.9. The van der Waals surface area contributed by atoms with Crippen LogP contribution in [0.2, 0.25) is 5.02 Å². The number of aryl methyl sites for hydroxylation is 1. The number of amides is 1. The summed E-state index contributed by atoms with van der Waals surface area (Å²) in [6.07, 6.45) is 0. The molecule has 0 saturated heterocycles. The zero-order valence-corrected chi connectivity index (χ0v) is 18.8. The van der Waals surface area contributed by atoms with Crippen LogP contribution in [-0.4, -0.2) is 40.2 Å². The molecule has 1 amide bonds. The number of hydrogen-bond acceptors (Lipinski definition) is 4. The highest BCUT2D eigenvalue weighted by Gasteiger charge is 2.21. The van der Waals surface area contributed by atoms with Crippen molar-refractivity contribution in [3.05, 3.63) is 92.9 Å². The van der Waals surface area contributed by atoms with Crippen LogP contribution in [-0.2, 0) is 0 Å². The van der Waals surface area contributed by atoms with Gasteiger partial charge in [0.25, 0.3) is 5.91 Å². The van der Waals surface area contributed by atoms with Gasteiger partial charge in [0.05, 0.1) is 11.7 Å². The van der Waals surface area contributed by atoms with Crippen molar-refractivity contribution in [3.8, 4) is 5.69 Å². The van der Waals surface area contributed by atoms with Gasteiger partial charge >= 0.3 is 0 Å². The van der Waals surface area contributed by atoms with Crippen LogP contribution in [0.3, 0.4) is 0 Å². The second-order valence-electron chi connectivity index (χ2n) is 7.24. The Morgan fingerprint density at radius 1 is 1.10 bits per heavy atom. The third-order valence-electron chi connectivity index (χ3n) is 5.29. The summed E-state index contributed by atoms with van der Waals surface area (Å²) in [6.45, 7) is 8.02.